The standard InChI is InChI=1S/C12H13ClN2O4/c1-18-10-3-2-7(13)4-8(10)15-12(17)9-5-19-6-11(16)14-9/h2-4,9H,5-6H2,1H3,(H,14,16)(H,15,17). The summed E-state index contributed by atoms with van der Waals surface area (Å²) in [5.74, 6) is -0.209. The second kappa shape index (κ2) is 5.90. The summed E-state index contributed by atoms with van der Waals surface area (Å²) in [6, 6.07) is 4.16. The Morgan fingerprint density at radius 2 is 2.37 bits per heavy atom. The molecule has 0 saturated carbocycles. The van der Waals surface area contributed by atoms with Gasteiger partial charge >= 0.3 is 0 Å². The van der Waals surface area contributed by atoms with Crippen molar-refractivity contribution in [2.45, 2.75) is 6.04 Å². The van der Waals surface area contributed by atoms with Gasteiger partial charge in [-0.3, -0.25) is 9.59 Å². The van der Waals surface area contributed by atoms with Crippen LogP contribution in [0.25, 0.3) is 0 Å². The van der Waals surface area contributed by atoms with Crippen molar-refractivity contribution in [3.63, 3.8) is 0 Å². The molecule has 7 heteroatoms. The number of hydrogen-bond donors (Lipinski definition) is 2. The number of anilines is 1. The van der Waals surface area contributed by atoms with Crippen molar-refractivity contribution in [2.75, 3.05) is 25.6 Å². The van der Waals surface area contributed by atoms with Gasteiger partial charge in [-0.2, -0.15) is 0 Å². The number of ether oxygens (including phenoxy) is 2. The van der Waals surface area contributed by atoms with Crippen LogP contribution in [-0.2, 0) is 14.3 Å². The molecule has 0 spiro atoms. The zero-order chi connectivity index (χ0) is 13.8. The average Bonchev–Trinajstić information content (AvgIpc) is 2.39. The number of hydrogen-bond acceptors (Lipinski definition) is 4. The summed E-state index contributed by atoms with van der Waals surface area (Å²) < 4.78 is 10.1. The van der Waals surface area contributed by atoms with Gasteiger partial charge in [-0.05, 0) is 18.2 Å². The maximum absolute atomic E-state index is 12.0. The summed E-state index contributed by atoms with van der Waals surface area (Å²) in [6.07, 6.45) is 0. The Bertz CT molecular complexity index is 507. The number of morpholine rings is 1. The molecule has 1 heterocycles. The van der Waals surface area contributed by atoms with Crippen LogP contribution in [0.4, 0.5) is 5.69 Å². The molecule has 102 valence electrons. The van der Waals surface area contributed by atoms with Crippen molar-refractivity contribution in [2.24, 2.45) is 0 Å². The van der Waals surface area contributed by atoms with Gasteiger partial charge in [0.2, 0.25) is 11.8 Å². The normalized spacial score (nSPS) is 18.6. The first-order chi connectivity index (χ1) is 9.10. The van der Waals surface area contributed by atoms with Crippen LogP contribution in [0.15, 0.2) is 18.2 Å². The van der Waals surface area contributed by atoms with Crippen LogP contribution in [0.2, 0.25) is 5.02 Å². The molecular weight excluding hydrogens is 272 g/mol. The predicted octanol–water partition coefficient (Wildman–Crippen LogP) is 0.802. The molecule has 0 bridgehead atoms. The number of rotatable bonds is 3. The van der Waals surface area contributed by atoms with Gasteiger partial charge in [-0.1, -0.05) is 11.6 Å². The molecule has 1 aromatic rings. The molecule has 0 radical (unpaired) electrons. The van der Waals surface area contributed by atoms with Crippen LogP contribution in [-0.4, -0.2) is 38.2 Å². The Balaban J connectivity index is 2.09. The third-order valence-electron chi connectivity index (χ3n) is 2.59. The average molecular weight is 285 g/mol. The van der Waals surface area contributed by atoms with Gasteiger partial charge in [-0.15, -0.1) is 0 Å². The quantitative estimate of drug-likeness (QED) is 0.861. The Morgan fingerprint density at radius 3 is 3.05 bits per heavy atom. The fraction of sp³-hybridized carbons (Fsp3) is 0.333. The van der Waals surface area contributed by atoms with Gasteiger partial charge in [0.15, 0.2) is 0 Å². The molecule has 1 aliphatic heterocycles. The molecule has 1 saturated heterocycles. The number of amides is 2. The molecule has 2 N–H and O–H groups in total. The van der Waals surface area contributed by atoms with E-state index in [0.717, 1.165) is 0 Å². The number of benzene rings is 1. The number of carbonyl (C=O) groups excluding carboxylic acids is 2. The van der Waals surface area contributed by atoms with Gasteiger partial charge in [0.1, 0.15) is 18.4 Å². The first kappa shape index (κ1) is 13.6. The second-order valence-corrected chi connectivity index (χ2v) is 4.41. The molecule has 1 atom stereocenters. The van der Waals surface area contributed by atoms with Crippen molar-refractivity contribution >= 4 is 29.1 Å². The lowest BCUT2D eigenvalue weighted by Crippen LogP contribution is -2.51. The van der Waals surface area contributed by atoms with Crippen LogP contribution in [0, 0.1) is 0 Å². The van der Waals surface area contributed by atoms with E-state index in [4.69, 9.17) is 21.1 Å². The highest BCUT2D eigenvalue weighted by Gasteiger charge is 2.25. The zero-order valence-corrected chi connectivity index (χ0v) is 11.0. The third kappa shape index (κ3) is 3.36. The van der Waals surface area contributed by atoms with E-state index < -0.39 is 6.04 Å². The molecule has 2 amide bonds. The van der Waals surface area contributed by atoms with E-state index in [9.17, 15) is 9.59 Å². The smallest absolute Gasteiger partial charge is 0.249 e. The summed E-state index contributed by atoms with van der Waals surface area (Å²) in [4.78, 5) is 23.1. The number of methoxy groups -OCH3 is 1. The molecule has 1 aliphatic rings. The minimum absolute atomic E-state index is 0.0235. The summed E-state index contributed by atoms with van der Waals surface area (Å²) >= 11 is 5.86. The number of nitrogens with one attached hydrogen (secondary N) is 2. The molecule has 19 heavy (non-hydrogen) atoms. The van der Waals surface area contributed by atoms with Crippen LogP contribution in [0.1, 0.15) is 0 Å². The van der Waals surface area contributed by atoms with E-state index in [1.807, 2.05) is 0 Å². The summed E-state index contributed by atoms with van der Waals surface area (Å²) in [5.41, 5.74) is 0.444. The van der Waals surface area contributed by atoms with Crippen molar-refractivity contribution in [1.82, 2.24) is 5.32 Å². The maximum Gasteiger partial charge on any atom is 0.249 e. The van der Waals surface area contributed by atoms with Crippen molar-refractivity contribution in [3.05, 3.63) is 23.2 Å². The summed E-state index contributed by atoms with van der Waals surface area (Å²) in [7, 11) is 1.49. The lowest BCUT2D eigenvalue weighted by molar-refractivity contribution is -0.136. The van der Waals surface area contributed by atoms with E-state index in [1.165, 1.54) is 7.11 Å². The van der Waals surface area contributed by atoms with E-state index in [0.29, 0.717) is 16.5 Å². The fourth-order valence-corrected chi connectivity index (χ4v) is 1.86. The molecule has 0 aliphatic carbocycles. The second-order valence-electron chi connectivity index (χ2n) is 3.97. The molecular formula is C12H13ClN2O4. The van der Waals surface area contributed by atoms with E-state index in [2.05, 4.69) is 10.6 Å². The Hall–Kier alpha value is -1.79. The molecule has 2 rings (SSSR count). The lowest BCUT2D eigenvalue weighted by Gasteiger charge is -2.23. The first-order valence-electron chi connectivity index (χ1n) is 5.61. The molecule has 0 aromatic heterocycles. The molecule has 6 nitrogen and oxygen atoms in total. The van der Waals surface area contributed by atoms with Crippen LogP contribution in [0.5, 0.6) is 5.75 Å². The van der Waals surface area contributed by atoms with Crippen LogP contribution < -0.4 is 15.4 Å². The summed E-state index contributed by atoms with van der Waals surface area (Å²) in [5, 5.41) is 5.66. The zero-order valence-electron chi connectivity index (χ0n) is 10.2. The minimum Gasteiger partial charge on any atom is -0.495 e. The van der Waals surface area contributed by atoms with Crippen molar-refractivity contribution < 1.29 is 19.1 Å². The lowest BCUT2D eigenvalue weighted by atomic mass is 10.2. The predicted molar refractivity (Wildman–Crippen MR) is 69.4 cm³/mol. The molecule has 1 aromatic carbocycles. The number of carbonyl (C=O) groups is 2. The Labute approximate surface area is 115 Å². The number of halogens is 1. The molecule has 1 fully saturated rings. The topological polar surface area (TPSA) is 76.7 Å². The van der Waals surface area contributed by atoms with E-state index in [1.54, 1.807) is 18.2 Å². The van der Waals surface area contributed by atoms with Gasteiger partial charge in [-0.25, -0.2) is 0 Å². The van der Waals surface area contributed by atoms with E-state index >= 15 is 0 Å². The largest absolute Gasteiger partial charge is 0.495 e. The Morgan fingerprint density at radius 1 is 1.58 bits per heavy atom. The highest BCUT2D eigenvalue weighted by Crippen LogP contribution is 2.27. The van der Waals surface area contributed by atoms with Gasteiger partial charge in [0.05, 0.1) is 19.4 Å². The van der Waals surface area contributed by atoms with Crippen LogP contribution in [0.3, 0.4) is 0 Å². The van der Waals surface area contributed by atoms with E-state index in [-0.39, 0.29) is 25.0 Å². The highest BCUT2D eigenvalue weighted by molar-refractivity contribution is 6.31. The van der Waals surface area contributed by atoms with Gasteiger partial charge in [0.25, 0.3) is 0 Å². The van der Waals surface area contributed by atoms with Crippen molar-refractivity contribution in [3.8, 4) is 5.75 Å². The monoisotopic (exact) mass is 284 g/mol. The van der Waals surface area contributed by atoms with Crippen LogP contribution >= 0.6 is 11.6 Å². The summed E-state index contributed by atoms with van der Waals surface area (Å²) in [6.45, 7) is 0.116. The minimum atomic E-state index is -0.718. The fourth-order valence-electron chi connectivity index (χ4n) is 1.69. The Kier molecular flexibility index (Phi) is 4.24. The van der Waals surface area contributed by atoms with Gasteiger partial charge in [0, 0.05) is 5.02 Å². The highest BCUT2D eigenvalue weighted by atomic mass is 35.5. The first-order valence-corrected chi connectivity index (χ1v) is 5.99. The van der Waals surface area contributed by atoms with Crippen molar-refractivity contribution in [1.29, 1.82) is 0 Å². The third-order valence-corrected chi connectivity index (χ3v) is 2.82. The van der Waals surface area contributed by atoms with Gasteiger partial charge < -0.3 is 20.1 Å². The SMILES string of the molecule is COc1ccc(Cl)cc1NC(=O)C1COCC(=O)N1. The molecule has 1 unspecified atom stereocenters. The maximum atomic E-state index is 12.0.